The summed E-state index contributed by atoms with van der Waals surface area (Å²) in [5, 5.41) is 7.63. The first-order valence-corrected chi connectivity index (χ1v) is 8.27. The van der Waals surface area contributed by atoms with Crippen molar-refractivity contribution in [2.45, 2.75) is 25.8 Å². The largest absolute Gasteiger partial charge is 0.330 e. The summed E-state index contributed by atoms with van der Waals surface area (Å²) in [6.45, 7) is 2.65. The van der Waals surface area contributed by atoms with Gasteiger partial charge in [-0.1, -0.05) is 6.07 Å². The lowest BCUT2D eigenvalue weighted by Gasteiger charge is -2.24. The summed E-state index contributed by atoms with van der Waals surface area (Å²) < 4.78 is 1.78. The van der Waals surface area contributed by atoms with Crippen LogP contribution in [-0.4, -0.2) is 42.1 Å². The maximum atomic E-state index is 13.1. The number of rotatable bonds is 3. The van der Waals surface area contributed by atoms with Crippen molar-refractivity contribution < 1.29 is 4.79 Å². The minimum absolute atomic E-state index is 0.0146. The van der Waals surface area contributed by atoms with Gasteiger partial charge in [0, 0.05) is 24.0 Å². The summed E-state index contributed by atoms with van der Waals surface area (Å²) in [5.74, 6) is 0.0146. The number of aromatic nitrogens is 5. The van der Waals surface area contributed by atoms with Gasteiger partial charge < -0.3 is 4.90 Å². The molecule has 0 saturated carbocycles. The topological polar surface area (TPSA) is 76.8 Å². The molecule has 1 unspecified atom stereocenters. The fraction of sp³-hybridized carbons (Fsp3) is 0.278. The van der Waals surface area contributed by atoms with Gasteiger partial charge in [0.05, 0.1) is 23.6 Å². The van der Waals surface area contributed by atoms with Crippen LogP contribution >= 0.6 is 0 Å². The zero-order chi connectivity index (χ0) is 17.2. The van der Waals surface area contributed by atoms with E-state index in [4.69, 9.17) is 0 Å². The first-order chi connectivity index (χ1) is 12.2. The zero-order valence-corrected chi connectivity index (χ0v) is 13.9. The number of benzene rings is 1. The number of carbonyl (C=O) groups is 1. The molecular weight excluding hydrogens is 316 g/mol. The third-order valence-corrected chi connectivity index (χ3v) is 4.44. The number of likely N-dealkylation sites (tertiary alicyclic amines) is 1. The minimum Gasteiger partial charge on any atom is -0.330 e. The Bertz CT molecular complexity index is 892. The molecule has 0 radical (unpaired) electrons. The smallest absolute Gasteiger partial charge is 0.254 e. The van der Waals surface area contributed by atoms with Gasteiger partial charge in [0.25, 0.3) is 5.91 Å². The second-order valence-electron chi connectivity index (χ2n) is 6.16. The lowest BCUT2D eigenvalue weighted by Crippen LogP contribution is -2.31. The van der Waals surface area contributed by atoms with E-state index in [-0.39, 0.29) is 11.9 Å². The molecule has 0 spiro atoms. The Labute approximate surface area is 145 Å². The number of amides is 1. The molecule has 1 atom stereocenters. The van der Waals surface area contributed by atoms with Crippen LogP contribution in [0.4, 0.5) is 0 Å². The summed E-state index contributed by atoms with van der Waals surface area (Å²) in [6.07, 6.45) is 8.60. The van der Waals surface area contributed by atoms with Crippen LogP contribution in [-0.2, 0) is 0 Å². The van der Waals surface area contributed by atoms with Crippen LogP contribution in [0.1, 0.15) is 40.6 Å². The molecule has 126 valence electrons. The van der Waals surface area contributed by atoms with Crippen LogP contribution in [0, 0.1) is 6.92 Å². The molecule has 1 aliphatic heterocycles. The van der Waals surface area contributed by atoms with Crippen molar-refractivity contribution in [3.8, 4) is 5.69 Å². The van der Waals surface area contributed by atoms with E-state index in [9.17, 15) is 4.79 Å². The molecule has 0 N–H and O–H groups in total. The van der Waals surface area contributed by atoms with E-state index in [1.54, 1.807) is 29.6 Å². The fourth-order valence-corrected chi connectivity index (χ4v) is 3.26. The standard InChI is InChI=1S/C18H18N6O/c1-13-9-19-10-16(22-13)17-6-3-7-24(17)18(25)14-4-2-5-15(8-14)23-11-20-21-12-23/h2,4-5,8-12,17H,3,6-7H2,1H3. The molecule has 1 amide bonds. The molecule has 25 heavy (non-hydrogen) atoms. The Morgan fingerprint density at radius 1 is 1.20 bits per heavy atom. The summed E-state index contributed by atoms with van der Waals surface area (Å²) in [7, 11) is 0. The molecular formula is C18H18N6O. The van der Waals surface area contributed by atoms with Gasteiger partial charge in [0.1, 0.15) is 12.7 Å². The third kappa shape index (κ3) is 3.00. The van der Waals surface area contributed by atoms with Crippen molar-refractivity contribution in [3.05, 3.63) is 66.3 Å². The molecule has 0 bridgehead atoms. The van der Waals surface area contributed by atoms with Gasteiger partial charge in [0.15, 0.2) is 0 Å². The second-order valence-corrected chi connectivity index (χ2v) is 6.16. The van der Waals surface area contributed by atoms with Crippen LogP contribution in [0.3, 0.4) is 0 Å². The Hall–Kier alpha value is -3.09. The molecule has 1 aromatic carbocycles. The van der Waals surface area contributed by atoms with Gasteiger partial charge in [-0.3, -0.25) is 19.3 Å². The van der Waals surface area contributed by atoms with E-state index in [2.05, 4.69) is 20.2 Å². The van der Waals surface area contributed by atoms with E-state index in [1.807, 2.05) is 36.1 Å². The molecule has 4 rings (SSSR count). The highest BCUT2D eigenvalue weighted by molar-refractivity contribution is 5.95. The Morgan fingerprint density at radius 3 is 2.84 bits per heavy atom. The summed E-state index contributed by atoms with van der Waals surface area (Å²) in [6, 6.07) is 7.49. The lowest BCUT2D eigenvalue weighted by molar-refractivity contribution is 0.0732. The van der Waals surface area contributed by atoms with Crippen molar-refractivity contribution in [1.82, 2.24) is 29.6 Å². The van der Waals surface area contributed by atoms with Crippen LogP contribution in [0.5, 0.6) is 0 Å². The Balaban J connectivity index is 1.63. The molecule has 3 heterocycles. The van der Waals surface area contributed by atoms with Gasteiger partial charge in [-0.2, -0.15) is 0 Å². The molecule has 7 heteroatoms. The molecule has 7 nitrogen and oxygen atoms in total. The summed E-state index contributed by atoms with van der Waals surface area (Å²) in [4.78, 5) is 23.8. The molecule has 3 aromatic rings. The predicted octanol–water partition coefficient (Wildman–Crippen LogP) is 2.34. The highest BCUT2D eigenvalue weighted by Gasteiger charge is 2.31. The predicted molar refractivity (Wildman–Crippen MR) is 91.1 cm³/mol. The number of nitrogens with zero attached hydrogens (tertiary/aromatic N) is 6. The summed E-state index contributed by atoms with van der Waals surface area (Å²) >= 11 is 0. The van der Waals surface area contributed by atoms with Gasteiger partial charge in [0.2, 0.25) is 0 Å². The minimum atomic E-state index is -0.0153. The number of carbonyl (C=O) groups excluding carboxylic acids is 1. The average molecular weight is 334 g/mol. The van der Waals surface area contributed by atoms with Gasteiger partial charge >= 0.3 is 0 Å². The zero-order valence-electron chi connectivity index (χ0n) is 13.9. The SMILES string of the molecule is Cc1cncc(C2CCCN2C(=O)c2cccc(-n3cnnc3)c2)n1. The van der Waals surface area contributed by atoms with E-state index >= 15 is 0 Å². The first-order valence-electron chi connectivity index (χ1n) is 8.27. The highest BCUT2D eigenvalue weighted by atomic mass is 16.2. The van der Waals surface area contributed by atoms with Crippen LogP contribution < -0.4 is 0 Å². The quantitative estimate of drug-likeness (QED) is 0.735. The number of aryl methyl sites for hydroxylation is 1. The van der Waals surface area contributed by atoms with Crippen LogP contribution in [0.25, 0.3) is 5.69 Å². The Kier molecular flexibility index (Phi) is 3.97. The Morgan fingerprint density at radius 2 is 2.04 bits per heavy atom. The lowest BCUT2D eigenvalue weighted by atomic mass is 10.1. The molecule has 1 aliphatic rings. The van der Waals surface area contributed by atoms with Gasteiger partial charge in [-0.05, 0) is 38.0 Å². The van der Waals surface area contributed by atoms with Crippen LogP contribution in [0.2, 0.25) is 0 Å². The van der Waals surface area contributed by atoms with E-state index in [0.29, 0.717) is 5.56 Å². The van der Waals surface area contributed by atoms with Crippen molar-refractivity contribution in [3.63, 3.8) is 0 Å². The van der Waals surface area contributed by atoms with Gasteiger partial charge in [-0.25, -0.2) is 0 Å². The van der Waals surface area contributed by atoms with E-state index in [1.165, 1.54) is 0 Å². The van der Waals surface area contributed by atoms with Gasteiger partial charge in [-0.15, -0.1) is 10.2 Å². The van der Waals surface area contributed by atoms with Crippen molar-refractivity contribution in [1.29, 1.82) is 0 Å². The first kappa shape index (κ1) is 15.4. The maximum absolute atomic E-state index is 13.1. The number of hydrogen-bond donors (Lipinski definition) is 0. The van der Waals surface area contributed by atoms with Crippen molar-refractivity contribution in [2.75, 3.05) is 6.54 Å². The molecule has 1 saturated heterocycles. The molecule has 0 aliphatic carbocycles. The average Bonchev–Trinajstić information content (AvgIpc) is 3.33. The highest BCUT2D eigenvalue weighted by Crippen LogP contribution is 2.32. The monoisotopic (exact) mass is 334 g/mol. The fourth-order valence-electron chi connectivity index (χ4n) is 3.26. The number of hydrogen-bond acceptors (Lipinski definition) is 5. The third-order valence-electron chi connectivity index (χ3n) is 4.44. The molecule has 2 aromatic heterocycles. The van der Waals surface area contributed by atoms with E-state index in [0.717, 1.165) is 36.5 Å². The normalized spacial score (nSPS) is 17.0. The molecule has 1 fully saturated rings. The van der Waals surface area contributed by atoms with Crippen molar-refractivity contribution in [2.24, 2.45) is 0 Å². The van der Waals surface area contributed by atoms with E-state index < -0.39 is 0 Å². The van der Waals surface area contributed by atoms with Crippen LogP contribution in [0.15, 0.2) is 49.3 Å². The summed E-state index contributed by atoms with van der Waals surface area (Å²) in [5.41, 5.74) is 3.24. The second kappa shape index (κ2) is 6.43. The maximum Gasteiger partial charge on any atom is 0.254 e. The van der Waals surface area contributed by atoms with Crippen molar-refractivity contribution >= 4 is 5.91 Å².